The van der Waals surface area contributed by atoms with E-state index in [-0.39, 0.29) is 36.7 Å². The van der Waals surface area contributed by atoms with Gasteiger partial charge >= 0.3 is 12.0 Å². The zero-order valence-corrected chi connectivity index (χ0v) is 12.5. The van der Waals surface area contributed by atoms with Gasteiger partial charge < -0.3 is 24.8 Å². The highest BCUT2D eigenvalue weighted by atomic mass is 16.5. The maximum Gasteiger partial charge on any atom is 0.323 e. The molecule has 0 aliphatic heterocycles. The SMILES string of the molecule is COCCN(CC(=O)O)C(=O)NC1CC(OC)C1(C)C. The number of carbonyl (C=O) groups is 2. The molecular weight excluding hydrogens is 264 g/mol. The Morgan fingerprint density at radius 1 is 1.40 bits per heavy atom. The smallest absolute Gasteiger partial charge is 0.323 e. The minimum absolute atomic E-state index is 0.0150. The third-order valence-electron chi connectivity index (χ3n) is 3.94. The molecule has 0 bridgehead atoms. The molecule has 0 saturated heterocycles. The van der Waals surface area contributed by atoms with E-state index in [1.54, 1.807) is 7.11 Å². The number of methoxy groups -OCH3 is 2. The number of carbonyl (C=O) groups excluding carboxylic acids is 1. The summed E-state index contributed by atoms with van der Waals surface area (Å²) in [5.41, 5.74) is -0.152. The quantitative estimate of drug-likeness (QED) is 0.714. The van der Waals surface area contributed by atoms with Gasteiger partial charge in [-0.2, -0.15) is 0 Å². The number of hydrogen-bond donors (Lipinski definition) is 2. The van der Waals surface area contributed by atoms with E-state index in [1.165, 1.54) is 12.0 Å². The number of aliphatic carboxylic acids is 1. The number of carboxylic acids is 1. The molecule has 2 amide bonds. The first kappa shape index (κ1) is 16.7. The summed E-state index contributed by atoms with van der Waals surface area (Å²) >= 11 is 0. The number of rotatable bonds is 7. The summed E-state index contributed by atoms with van der Waals surface area (Å²) in [6, 6.07) is -0.393. The number of hydrogen-bond acceptors (Lipinski definition) is 4. The van der Waals surface area contributed by atoms with Crippen molar-refractivity contribution < 1.29 is 24.2 Å². The molecular formula is C13H24N2O5. The zero-order valence-electron chi connectivity index (χ0n) is 12.5. The predicted molar refractivity (Wildman–Crippen MR) is 72.6 cm³/mol. The Labute approximate surface area is 119 Å². The second-order valence-corrected chi connectivity index (χ2v) is 5.59. The second kappa shape index (κ2) is 6.90. The van der Waals surface area contributed by atoms with Gasteiger partial charge in [-0.25, -0.2) is 4.79 Å². The molecule has 0 heterocycles. The minimum Gasteiger partial charge on any atom is -0.480 e. The van der Waals surface area contributed by atoms with Crippen molar-refractivity contribution in [2.75, 3.05) is 33.9 Å². The molecule has 116 valence electrons. The number of ether oxygens (including phenoxy) is 2. The number of urea groups is 1. The topological polar surface area (TPSA) is 88.1 Å². The number of carboxylic acid groups (broad SMARTS) is 1. The highest BCUT2D eigenvalue weighted by Gasteiger charge is 2.49. The van der Waals surface area contributed by atoms with Crippen LogP contribution in [-0.2, 0) is 14.3 Å². The molecule has 7 nitrogen and oxygen atoms in total. The Bertz CT molecular complexity index is 359. The zero-order chi connectivity index (χ0) is 15.3. The fourth-order valence-corrected chi connectivity index (χ4v) is 2.39. The Hall–Kier alpha value is -1.34. The summed E-state index contributed by atoms with van der Waals surface area (Å²) in [6.07, 6.45) is 0.847. The molecule has 0 aromatic rings. The van der Waals surface area contributed by atoms with E-state index in [2.05, 4.69) is 5.32 Å². The molecule has 0 radical (unpaired) electrons. The first-order valence-electron chi connectivity index (χ1n) is 6.61. The molecule has 2 N–H and O–H groups in total. The first-order valence-corrected chi connectivity index (χ1v) is 6.61. The van der Waals surface area contributed by atoms with Crippen LogP contribution in [-0.4, -0.2) is 68.1 Å². The van der Waals surface area contributed by atoms with Crippen LogP contribution in [0.3, 0.4) is 0 Å². The van der Waals surface area contributed by atoms with Gasteiger partial charge in [0, 0.05) is 32.2 Å². The van der Waals surface area contributed by atoms with E-state index in [1.807, 2.05) is 13.8 Å². The van der Waals surface area contributed by atoms with Crippen LogP contribution >= 0.6 is 0 Å². The summed E-state index contributed by atoms with van der Waals surface area (Å²) in [5.74, 6) is -1.04. The van der Waals surface area contributed by atoms with E-state index >= 15 is 0 Å². The molecule has 0 spiro atoms. The van der Waals surface area contributed by atoms with Crippen molar-refractivity contribution in [2.45, 2.75) is 32.4 Å². The van der Waals surface area contributed by atoms with Crippen LogP contribution in [0.1, 0.15) is 20.3 Å². The van der Waals surface area contributed by atoms with Gasteiger partial charge in [0.15, 0.2) is 0 Å². The van der Waals surface area contributed by atoms with Gasteiger partial charge in [-0.15, -0.1) is 0 Å². The minimum atomic E-state index is -1.04. The lowest BCUT2D eigenvalue weighted by Gasteiger charge is -2.51. The van der Waals surface area contributed by atoms with Crippen molar-refractivity contribution in [3.8, 4) is 0 Å². The van der Waals surface area contributed by atoms with Crippen LogP contribution in [0.25, 0.3) is 0 Å². The third kappa shape index (κ3) is 3.83. The average Bonchev–Trinajstić information content (AvgIpc) is 2.38. The molecule has 2 unspecified atom stereocenters. The van der Waals surface area contributed by atoms with E-state index in [0.717, 1.165) is 6.42 Å². The van der Waals surface area contributed by atoms with Gasteiger partial charge in [-0.05, 0) is 6.42 Å². The summed E-state index contributed by atoms with van der Waals surface area (Å²) < 4.78 is 10.2. The maximum atomic E-state index is 12.1. The van der Waals surface area contributed by atoms with Gasteiger partial charge in [-0.3, -0.25) is 4.79 Å². The molecule has 1 rings (SSSR count). The van der Waals surface area contributed by atoms with Crippen molar-refractivity contribution in [1.29, 1.82) is 0 Å². The van der Waals surface area contributed by atoms with Crippen LogP contribution in [0.5, 0.6) is 0 Å². The van der Waals surface area contributed by atoms with Crippen molar-refractivity contribution in [3.05, 3.63) is 0 Å². The standard InChI is InChI=1S/C13H24N2O5/c1-13(2)9(7-10(13)20-4)14-12(18)15(5-6-19-3)8-11(16)17/h9-10H,5-8H2,1-4H3,(H,14,18)(H,16,17). The monoisotopic (exact) mass is 288 g/mol. The maximum absolute atomic E-state index is 12.1. The molecule has 1 aliphatic carbocycles. The van der Waals surface area contributed by atoms with Gasteiger partial charge in [0.25, 0.3) is 0 Å². The van der Waals surface area contributed by atoms with E-state index in [9.17, 15) is 9.59 Å². The van der Waals surface area contributed by atoms with Crippen molar-refractivity contribution in [2.24, 2.45) is 5.41 Å². The van der Waals surface area contributed by atoms with Gasteiger partial charge in [0.05, 0.1) is 12.7 Å². The second-order valence-electron chi connectivity index (χ2n) is 5.59. The molecule has 2 atom stereocenters. The van der Waals surface area contributed by atoms with E-state index in [4.69, 9.17) is 14.6 Å². The predicted octanol–water partition coefficient (Wildman–Crippen LogP) is 0.543. The van der Waals surface area contributed by atoms with Gasteiger partial charge in [0.2, 0.25) is 0 Å². The number of nitrogens with zero attached hydrogens (tertiary/aromatic N) is 1. The molecule has 0 aromatic carbocycles. The van der Waals surface area contributed by atoms with Crippen molar-refractivity contribution in [1.82, 2.24) is 10.2 Å². The first-order chi connectivity index (χ1) is 9.32. The highest BCUT2D eigenvalue weighted by molar-refractivity contribution is 5.80. The third-order valence-corrected chi connectivity index (χ3v) is 3.94. The summed E-state index contributed by atoms with van der Waals surface area (Å²) in [4.78, 5) is 24.2. The Kier molecular flexibility index (Phi) is 5.76. The van der Waals surface area contributed by atoms with Crippen molar-refractivity contribution >= 4 is 12.0 Å². The highest BCUT2D eigenvalue weighted by Crippen LogP contribution is 2.42. The molecule has 7 heteroatoms. The lowest BCUT2D eigenvalue weighted by atomic mass is 9.64. The van der Waals surface area contributed by atoms with Crippen LogP contribution in [0.15, 0.2) is 0 Å². The van der Waals surface area contributed by atoms with Crippen LogP contribution in [0.4, 0.5) is 4.79 Å². The molecule has 0 aromatic heterocycles. The number of nitrogens with one attached hydrogen (secondary N) is 1. The lowest BCUT2D eigenvalue weighted by Crippen LogP contribution is -2.63. The van der Waals surface area contributed by atoms with Gasteiger partial charge in [0.1, 0.15) is 6.54 Å². The summed E-state index contributed by atoms with van der Waals surface area (Å²) in [5, 5.41) is 11.7. The summed E-state index contributed by atoms with van der Waals surface area (Å²) in [7, 11) is 3.16. The largest absolute Gasteiger partial charge is 0.480 e. The van der Waals surface area contributed by atoms with Crippen LogP contribution in [0, 0.1) is 5.41 Å². The lowest BCUT2D eigenvalue weighted by molar-refractivity contribution is -0.137. The van der Waals surface area contributed by atoms with Crippen LogP contribution in [0.2, 0.25) is 0 Å². The fraction of sp³-hybridized carbons (Fsp3) is 0.846. The molecule has 1 fully saturated rings. The molecule has 1 aliphatic rings. The fourth-order valence-electron chi connectivity index (χ4n) is 2.39. The van der Waals surface area contributed by atoms with E-state index < -0.39 is 5.97 Å². The summed E-state index contributed by atoms with van der Waals surface area (Å²) in [6.45, 7) is 4.25. The van der Waals surface area contributed by atoms with Crippen LogP contribution < -0.4 is 5.32 Å². The van der Waals surface area contributed by atoms with Crippen molar-refractivity contribution in [3.63, 3.8) is 0 Å². The molecule has 20 heavy (non-hydrogen) atoms. The van der Waals surface area contributed by atoms with Gasteiger partial charge in [-0.1, -0.05) is 13.8 Å². The Morgan fingerprint density at radius 3 is 2.50 bits per heavy atom. The average molecular weight is 288 g/mol. The Balaban J connectivity index is 2.56. The van der Waals surface area contributed by atoms with E-state index in [0.29, 0.717) is 6.61 Å². The normalized spacial score (nSPS) is 23.8. The Morgan fingerprint density at radius 2 is 2.05 bits per heavy atom. The molecule has 1 saturated carbocycles. The number of amides is 2.